The maximum absolute atomic E-state index is 12.0. The number of aliphatic carboxylic acids is 3. The van der Waals surface area contributed by atoms with Crippen LogP contribution in [0.4, 0.5) is 0 Å². The topological polar surface area (TPSA) is 112 Å². The van der Waals surface area contributed by atoms with Crippen molar-refractivity contribution in [2.45, 2.75) is 150 Å². The van der Waals surface area contributed by atoms with Crippen LogP contribution in [0.5, 0.6) is 0 Å². The fourth-order valence-corrected chi connectivity index (χ4v) is 6.09. The Labute approximate surface area is 257 Å². The number of unbranched alkanes of at least 4 members (excludes halogenated alkanes) is 14. The fourth-order valence-electron chi connectivity index (χ4n) is 6.09. The molecule has 0 aliphatic carbocycles. The van der Waals surface area contributed by atoms with Crippen LogP contribution in [0.3, 0.4) is 0 Å². The Balaban J connectivity index is 4.70. The molecule has 0 radical (unpaired) electrons. The van der Waals surface area contributed by atoms with Gasteiger partial charge in [0.1, 0.15) is 17.8 Å². The van der Waals surface area contributed by atoms with Gasteiger partial charge in [-0.3, -0.25) is 14.4 Å². The molecule has 0 bridgehead atoms. The summed E-state index contributed by atoms with van der Waals surface area (Å²) in [6.07, 6.45) is 25.6. The van der Waals surface area contributed by atoms with Crippen LogP contribution in [0.25, 0.3) is 0 Å². The highest BCUT2D eigenvalue weighted by Crippen LogP contribution is 2.25. The average Bonchev–Trinajstić information content (AvgIpc) is 2.96. The van der Waals surface area contributed by atoms with Gasteiger partial charge < -0.3 is 19.8 Å². The van der Waals surface area contributed by atoms with Gasteiger partial charge in [-0.2, -0.15) is 0 Å². The summed E-state index contributed by atoms with van der Waals surface area (Å²) in [4.78, 5) is 35.9. The molecule has 0 amide bonds. The number of carboxylic acid groups (broad SMARTS) is 3. The lowest BCUT2D eigenvalue weighted by Crippen LogP contribution is -2.58. The first kappa shape index (κ1) is 40.1. The maximum Gasteiger partial charge on any atom is 0.312 e. The molecule has 0 spiro atoms. The van der Waals surface area contributed by atoms with E-state index in [0.717, 1.165) is 19.3 Å². The third-order valence-electron chi connectivity index (χ3n) is 8.99. The third-order valence-corrected chi connectivity index (χ3v) is 8.99. The van der Waals surface area contributed by atoms with E-state index in [2.05, 4.69) is 19.1 Å². The molecule has 0 aliphatic heterocycles. The Morgan fingerprint density at radius 1 is 0.500 bits per heavy atom. The van der Waals surface area contributed by atoms with Crippen molar-refractivity contribution in [2.75, 3.05) is 26.2 Å². The van der Waals surface area contributed by atoms with E-state index in [9.17, 15) is 29.7 Å². The maximum atomic E-state index is 12.0. The molecule has 7 heteroatoms. The molecule has 0 saturated carbocycles. The number of hydrogen-bond donors (Lipinski definition) is 3. The third kappa shape index (κ3) is 19.3. The Morgan fingerprint density at radius 3 is 1.12 bits per heavy atom. The van der Waals surface area contributed by atoms with E-state index in [4.69, 9.17) is 0 Å². The van der Waals surface area contributed by atoms with E-state index < -0.39 is 35.7 Å². The summed E-state index contributed by atoms with van der Waals surface area (Å²) in [5.74, 6) is -4.51. The number of hydrogen-bond acceptors (Lipinski definition) is 3. The second-order valence-electron chi connectivity index (χ2n) is 12.6. The molecule has 0 aliphatic rings. The minimum absolute atomic E-state index is 0.258. The van der Waals surface area contributed by atoms with Crippen LogP contribution in [0.15, 0.2) is 12.2 Å². The summed E-state index contributed by atoms with van der Waals surface area (Å²) in [6, 6.07) is 0. The molecule has 0 aromatic carbocycles. The lowest BCUT2D eigenvalue weighted by Gasteiger charge is -2.43. The van der Waals surface area contributed by atoms with Crippen LogP contribution in [-0.4, -0.2) is 63.9 Å². The monoisotopic (exact) mass is 596 g/mol. The molecule has 0 heterocycles. The van der Waals surface area contributed by atoms with Crippen molar-refractivity contribution < 1.29 is 34.2 Å². The minimum atomic E-state index is -0.888. The van der Waals surface area contributed by atoms with E-state index in [1.807, 2.05) is 20.8 Å². The van der Waals surface area contributed by atoms with Crippen molar-refractivity contribution in [3.63, 3.8) is 0 Å². The van der Waals surface area contributed by atoms with E-state index in [-0.39, 0.29) is 24.1 Å². The molecule has 42 heavy (non-hydrogen) atoms. The van der Waals surface area contributed by atoms with Gasteiger partial charge in [0.05, 0.1) is 26.2 Å². The first-order chi connectivity index (χ1) is 20.2. The van der Waals surface area contributed by atoms with Crippen molar-refractivity contribution in [3.8, 4) is 0 Å². The first-order valence-corrected chi connectivity index (χ1v) is 17.3. The lowest BCUT2D eigenvalue weighted by atomic mass is 9.95. The normalized spacial score (nSPS) is 15.3. The van der Waals surface area contributed by atoms with Gasteiger partial charge >= 0.3 is 17.9 Å². The molecule has 246 valence electrons. The molecule has 0 aromatic rings. The summed E-state index contributed by atoms with van der Waals surface area (Å²) >= 11 is 0. The molecule has 0 fully saturated rings. The van der Waals surface area contributed by atoms with Gasteiger partial charge in [-0.1, -0.05) is 104 Å². The highest BCUT2D eigenvalue weighted by atomic mass is 16.4. The highest BCUT2D eigenvalue weighted by Gasteiger charge is 2.40. The average molecular weight is 597 g/mol. The number of carboxylic acids is 3. The zero-order valence-corrected chi connectivity index (χ0v) is 27.7. The zero-order chi connectivity index (χ0) is 31.6. The summed E-state index contributed by atoms with van der Waals surface area (Å²) in [5.41, 5.74) is 0. The molecule has 3 N–H and O–H groups in total. The number of nitrogens with zero attached hydrogens (tertiary/aromatic N) is 1. The predicted molar refractivity (Wildman–Crippen MR) is 173 cm³/mol. The van der Waals surface area contributed by atoms with E-state index >= 15 is 0 Å². The zero-order valence-electron chi connectivity index (χ0n) is 27.7. The summed E-state index contributed by atoms with van der Waals surface area (Å²) < 4.78 is 0.258. The number of quaternary nitrogens is 1. The Morgan fingerprint density at radius 2 is 0.810 bits per heavy atom. The Bertz CT molecular complexity index is 677. The fraction of sp³-hybridized carbons (Fsp3) is 0.857. The van der Waals surface area contributed by atoms with Crippen molar-refractivity contribution in [1.82, 2.24) is 0 Å². The molecule has 0 rings (SSSR count). The van der Waals surface area contributed by atoms with E-state index in [1.54, 1.807) is 0 Å². The first-order valence-electron chi connectivity index (χ1n) is 17.3. The van der Waals surface area contributed by atoms with Gasteiger partial charge in [-0.05, 0) is 57.8 Å². The van der Waals surface area contributed by atoms with Crippen LogP contribution < -0.4 is 0 Å². The standard InChI is InChI=1S/C35H65NO6/c1-5-9-10-11-12-13-14-15-16-17-18-19-20-21-22-23-24-25-26-36(27-30(6-2)33(37)38,28-31(7-3)34(39)40)29-32(8-4)35(41)42/h13-14,30-32H,5-12,15-29H2,1-4H3,(H2-,37,38,39,40,41,42)/p+1/b14-13+. The second kappa shape index (κ2) is 25.6. The van der Waals surface area contributed by atoms with Crippen LogP contribution >= 0.6 is 0 Å². The SMILES string of the molecule is CCCCCC/C=C/CCCCCCCCCCCC[N+](CC(CC)C(=O)O)(CC(CC)C(=O)O)CC(CC)C(=O)O. The molecule has 7 nitrogen and oxygen atoms in total. The predicted octanol–water partition coefficient (Wildman–Crippen LogP) is 8.95. The highest BCUT2D eigenvalue weighted by molar-refractivity contribution is 5.71. The van der Waals surface area contributed by atoms with Crippen molar-refractivity contribution in [2.24, 2.45) is 17.8 Å². The van der Waals surface area contributed by atoms with Crippen molar-refractivity contribution >= 4 is 17.9 Å². The minimum Gasteiger partial charge on any atom is -0.481 e. The molecule has 0 aromatic heterocycles. The largest absolute Gasteiger partial charge is 0.481 e. The van der Waals surface area contributed by atoms with E-state index in [0.29, 0.717) is 25.8 Å². The quantitative estimate of drug-likeness (QED) is 0.0433. The lowest BCUT2D eigenvalue weighted by molar-refractivity contribution is -0.935. The van der Waals surface area contributed by atoms with Gasteiger partial charge in [-0.25, -0.2) is 0 Å². The number of carbonyl (C=O) groups is 3. The van der Waals surface area contributed by atoms with Gasteiger partial charge in [-0.15, -0.1) is 0 Å². The molecule has 0 saturated heterocycles. The molecular weight excluding hydrogens is 530 g/mol. The summed E-state index contributed by atoms with van der Waals surface area (Å²) in [6.45, 7) is 9.25. The number of rotatable bonds is 30. The smallest absolute Gasteiger partial charge is 0.312 e. The molecule has 3 unspecified atom stereocenters. The second-order valence-corrected chi connectivity index (χ2v) is 12.6. The summed E-state index contributed by atoms with van der Waals surface area (Å²) in [5, 5.41) is 29.5. The van der Waals surface area contributed by atoms with Crippen molar-refractivity contribution in [3.05, 3.63) is 12.2 Å². The Hall–Kier alpha value is -1.89. The van der Waals surface area contributed by atoms with Crippen LogP contribution in [0.2, 0.25) is 0 Å². The number of allylic oxidation sites excluding steroid dienone is 2. The summed E-state index contributed by atoms with van der Waals surface area (Å²) in [7, 11) is 0. The van der Waals surface area contributed by atoms with Crippen LogP contribution in [0.1, 0.15) is 150 Å². The molecule has 3 atom stereocenters. The van der Waals surface area contributed by atoms with Gasteiger partial charge in [0.25, 0.3) is 0 Å². The van der Waals surface area contributed by atoms with Crippen LogP contribution in [-0.2, 0) is 14.4 Å². The van der Waals surface area contributed by atoms with Gasteiger partial charge in [0, 0.05) is 0 Å². The van der Waals surface area contributed by atoms with Gasteiger partial charge in [0.2, 0.25) is 0 Å². The molecular formula is C35H66NO6+. The van der Waals surface area contributed by atoms with Crippen LogP contribution in [0, 0.1) is 17.8 Å². The van der Waals surface area contributed by atoms with E-state index in [1.165, 1.54) is 83.5 Å². The van der Waals surface area contributed by atoms with Gasteiger partial charge in [0.15, 0.2) is 0 Å². The Kier molecular flexibility index (Phi) is 24.4. The van der Waals surface area contributed by atoms with Crippen molar-refractivity contribution in [1.29, 1.82) is 0 Å².